The van der Waals surface area contributed by atoms with E-state index in [2.05, 4.69) is 35.5 Å². The number of carbonyl (C=O) groups excluding carboxylic acids is 1. The minimum atomic E-state index is -0.00792. The Morgan fingerprint density at radius 2 is 1.90 bits per heavy atom. The van der Waals surface area contributed by atoms with Crippen LogP contribution in [-0.4, -0.2) is 29.1 Å². The van der Waals surface area contributed by atoms with Crippen LogP contribution in [0.15, 0.2) is 47.5 Å². The Labute approximate surface area is 124 Å². The van der Waals surface area contributed by atoms with Crippen molar-refractivity contribution in [3.63, 3.8) is 0 Å². The Morgan fingerprint density at radius 1 is 1.20 bits per heavy atom. The number of benzene rings is 1. The summed E-state index contributed by atoms with van der Waals surface area (Å²) in [7, 11) is 1.81. The summed E-state index contributed by atoms with van der Waals surface area (Å²) in [6.07, 6.45) is 3.68. The largest absolute Gasteiger partial charge is 0.337 e. The molecule has 3 nitrogen and oxygen atoms in total. The summed E-state index contributed by atoms with van der Waals surface area (Å²) in [5.74, 6) is -0.00792. The molecule has 2 rings (SSSR count). The molecule has 0 fully saturated rings. The lowest BCUT2D eigenvalue weighted by molar-refractivity contribution is 0.0784. The predicted octanol–water partition coefficient (Wildman–Crippen LogP) is 3.38. The average Bonchev–Trinajstić information content (AvgIpc) is 2.48. The summed E-state index contributed by atoms with van der Waals surface area (Å²) in [6.45, 7) is 2.51. The fourth-order valence-corrected chi connectivity index (χ4v) is 2.30. The second-order valence-electron chi connectivity index (χ2n) is 4.70. The van der Waals surface area contributed by atoms with Crippen molar-refractivity contribution in [2.75, 3.05) is 13.3 Å². The van der Waals surface area contributed by atoms with Gasteiger partial charge in [-0.1, -0.05) is 12.1 Å². The molecule has 0 aliphatic carbocycles. The number of thioether (sulfide) groups is 1. The molecule has 0 aliphatic heterocycles. The molecular formula is C16H18N2OS. The van der Waals surface area contributed by atoms with Gasteiger partial charge in [-0.2, -0.15) is 0 Å². The molecule has 0 saturated heterocycles. The van der Waals surface area contributed by atoms with Gasteiger partial charge in [0.15, 0.2) is 0 Å². The molecule has 4 heteroatoms. The number of amides is 1. The zero-order valence-electron chi connectivity index (χ0n) is 12.0. The van der Waals surface area contributed by atoms with Crippen molar-refractivity contribution in [2.24, 2.45) is 0 Å². The average molecular weight is 286 g/mol. The highest BCUT2D eigenvalue weighted by Crippen LogP contribution is 2.16. The minimum absolute atomic E-state index is 0.00792. The topological polar surface area (TPSA) is 33.2 Å². The molecule has 0 unspecified atom stereocenters. The quantitative estimate of drug-likeness (QED) is 0.808. The van der Waals surface area contributed by atoms with Crippen LogP contribution in [0.2, 0.25) is 0 Å². The molecule has 1 amide bonds. The van der Waals surface area contributed by atoms with Gasteiger partial charge in [0.2, 0.25) is 0 Å². The van der Waals surface area contributed by atoms with E-state index in [1.54, 1.807) is 22.9 Å². The van der Waals surface area contributed by atoms with E-state index >= 15 is 0 Å². The number of nitrogens with zero attached hydrogens (tertiary/aromatic N) is 2. The SMILES string of the molecule is CSc1ccc(CN(C)C(=O)c2ccc(C)nc2)cc1. The fraction of sp³-hybridized carbons (Fsp3) is 0.250. The Kier molecular flexibility index (Phi) is 4.79. The fourth-order valence-electron chi connectivity index (χ4n) is 1.89. The van der Waals surface area contributed by atoms with E-state index < -0.39 is 0 Å². The number of hydrogen-bond acceptors (Lipinski definition) is 3. The molecule has 0 saturated carbocycles. The lowest BCUT2D eigenvalue weighted by atomic mass is 10.2. The summed E-state index contributed by atoms with van der Waals surface area (Å²) in [5, 5.41) is 0. The lowest BCUT2D eigenvalue weighted by Crippen LogP contribution is -2.26. The van der Waals surface area contributed by atoms with Crippen LogP contribution in [-0.2, 0) is 6.54 Å². The molecule has 104 valence electrons. The zero-order valence-corrected chi connectivity index (χ0v) is 12.8. The molecule has 2 aromatic rings. The van der Waals surface area contributed by atoms with Gasteiger partial charge in [0.05, 0.1) is 5.56 Å². The zero-order chi connectivity index (χ0) is 14.5. The van der Waals surface area contributed by atoms with E-state index in [1.807, 2.05) is 26.1 Å². The van der Waals surface area contributed by atoms with E-state index in [0.29, 0.717) is 12.1 Å². The van der Waals surface area contributed by atoms with Gasteiger partial charge in [0.25, 0.3) is 5.91 Å². The summed E-state index contributed by atoms with van der Waals surface area (Å²) in [4.78, 5) is 19.4. The second-order valence-corrected chi connectivity index (χ2v) is 5.58. The van der Waals surface area contributed by atoms with Crippen LogP contribution in [0.5, 0.6) is 0 Å². The van der Waals surface area contributed by atoms with E-state index in [1.165, 1.54) is 4.90 Å². The van der Waals surface area contributed by atoms with Gasteiger partial charge in [-0.3, -0.25) is 9.78 Å². The molecule has 0 bridgehead atoms. The molecular weight excluding hydrogens is 268 g/mol. The maximum absolute atomic E-state index is 12.3. The minimum Gasteiger partial charge on any atom is -0.337 e. The second kappa shape index (κ2) is 6.57. The summed E-state index contributed by atoms with van der Waals surface area (Å²) in [5.41, 5.74) is 2.66. The Balaban J connectivity index is 2.04. The van der Waals surface area contributed by atoms with Crippen molar-refractivity contribution in [3.8, 4) is 0 Å². The monoisotopic (exact) mass is 286 g/mol. The van der Waals surface area contributed by atoms with Gasteiger partial charge in [0, 0.05) is 30.4 Å². The molecule has 1 aromatic heterocycles. The third kappa shape index (κ3) is 3.61. The smallest absolute Gasteiger partial charge is 0.255 e. The standard InChI is InChI=1S/C16H18N2OS/c1-12-4-7-14(10-17-12)16(19)18(2)11-13-5-8-15(20-3)9-6-13/h4-10H,11H2,1-3H3. The van der Waals surface area contributed by atoms with E-state index in [9.17, 15) is 4.79 Å². The van der Waals surface area contributed by atoms with Crippen molar-refractivity contribution in [3.05, 3.63) is 59.4 Å². The molecule has 0 spiro atoms. The first-order valence-corrected chi connectivity index (χ1v) is 7.63. The highest BCUT2D eigenvalue weighted by atomic mass is 32.2. The Bertz CT molecular complexity index is 578. The molecule has 0 radical (unpaired) electrons. The normalized spacial score (nSPS) is 10.3. The van der Waals surface area contributed by atoms with Crippen molar-refractivity contribution in [1.29, 1.82) is 0 Å². The van der Waals surface area contributed by atoms with Crippen LogP contribution in [0.25, 0.3) is 0 Å². The van der Waals surface area contributed by atoms with Crippen LogP contribution in [0.3, 0.4) is 0 Å². The number of carbonyl (C=O) groups is 1. The molecule has 0 N–H and O–H groups in total. The van der Waals surface area contributed by atoms with Gasteiger partial charge in [-0.25, -0.2) is 0 Å². The summed E-state index contributed by atoms with van der Waals surface area (Å²) in [6, 6.07) is 11.9. The number of rotatable bonds is 4. The molecule has 1 aromatic carbocycles. The van der Waals surface area contributed by atoms with Crippen molar-refractivity contribution in [2.45, 2.75) is 18.4 Å². The van der Waals surface area contributed by atoms with Gasteiger partial charge >= 0.3 is 0 Å². The third-order valence-corrected chi connectivity index (χ3v) is 3.83. The van der Waals surface area contributed by atoms with Crippen LogP contribution in [0.1, 0.15) is 21.6 Å². The molecule has 0 atom stereocenters. The lowest BCUT2D eigenvalue weighted by Gasteiger charge is -2.17. The van der Waals surface area contributed by atoms with Crippen LogP contribution < -0.4 is 0 Å². The van der Waals surface area contributed by atoms with E-state index in [0.717, 1.165) is 11.3 Å². The van der Waals surface area contributed by atoms with Gasteiger partial charge in [-0.05, 0) is 43.0 Å². The third-order valence-electron chi connectivity index (χ3n) is 3.08. The number of aromatic nitrogens is 1. The molecule has 0 aliphatic rings. The highest BCUT2D eigenvalue weighted by Gasteiger charge is 2.12. The van der Waals surface area contributed by atoms with Gasteiger partial charge < -0.3 is 4.90 Å². The van der Waals surface area contributed by atoms with Gasteiger partial charge in [-0.15, -0.1) is 11.8 Å². The first-order valence-electron chi connectivity index (χ1n) is 6.41. The first-order chi connectivity index (χ1) is 9.60. The van der Waals surface area contributed by atoms with Gasteiger partial charge in [0.1, 0.15) is 0 Å². The Morgan fingerprint density at radius 3 is 2.45 bits per heavy atom. The van der Waals surface area contributed by atoms with Crippen molar-refractivity contribution >= 4 is 17.7 Å². The van der Waals surface area contributed by atoms with Crippen molar-refractivity contribution in [1.82, 2.24) is 9.88 Å². The Hall–Kier alpha value is -1.81. The molecule has 1 heterocycles. The van der Waals surface area contributed by atoms with Crippen LogP contribution >= 0.6 is 11.8 Å². The molecule has 20 heavy (non-hydrogen) atoms. The summed E-state index contributed by atoms with van der Waals surface area (Å²) < 4.78 is 0. The maximum atomic E-state index is 12.3. The van der Waals surface area contributed by atoms with E-state index in [4.69, 9.17) is 0 Å². The summed E-state index contributed by atoms with van der Waals surface area (Å²) >= 11 is 1.71. The number of hydrogen-bond donors (Lipinski definition) is 0. The van der Waals surface area contributed by atoms with Crippen molar-refractivity contribution < 1.29 is 4.79 Å². The maximum Gasteiger partial charge on any atom is 0.255 e. The number of pyridine rings is 1. The van der Waals surface area contributed by atoms with Crippen LogP contribution in [0.4, 0.5) is 0 Å². The van der Waals surface area contributed by atoms with Crippen LogP contribution in [0, 0.1) is 6.92 Å². The highest BCUT2D eigenvalue weighted by molar-refractivity contribution is 7.98. The van der Waals surface area contributed by atoms with E-state index in [-0.39, 0.29) is 5.91 Å². The predicted molar refractivity (Wildman–Crippen MR) is 83.0 cm³/mol. The first kappa shape index (κ1) is 14.6. The number of aryl methyl sites for hydroxylation is 1.